The first-order valence-electron chi connectivity index (χ1n) is 10.6. The summed E-state index contributed by atoms with van der Waals surface area (Å²) in [4.78, 5) is 17.2. The third kappa shape index (κ3) is 3.01. The maximum atomic E-state index is 5.82. The van der Waals surface area contributed by atoms with E-state index in [0.717, 1.165) is 67.1 Å². The number of nitrogens with zero attached hydrogens (tertiary/aromatic N) is 4. The Morgan fingerprint density at radius 3 is 2.52 bits per heavy atom. The number of H-pyrrole nitrogens is 1. The summed E-state index contributed by atoms with van der Waals surface area (Å²) in [5, 5.41) is 2.02. The molecule has 4 aromatic heterocycles. The van der Waals surface area contributed by atoms with E-state index in [4.69, 9.17) is 19.4 Å². The molecular formula is C26H21N5O2. The van der Waals surface area contributed by atoms with E-state index in [1.54, 1.807) is 14.2 Å². The zero-order valence-corrected chi connectivity index (χ0v) is 18.5. The van der Waals surface area contributed by atoms with Crippen LogP contribution in [0.5, 0.6) is 11.5 Å². The lowest BCUT2D eigenvalue weighted by Crippen LogP contribution is -1.98. The van der Waals surface area contributed by atoms with Crippen LogP contribution in [-0.4, -0.2) is 38.7 Å². The predicted molar refractivity (Wildman–Crippen MR) is 129 cm³/mol. The fourth-order valence-electron chi connectivity index (χ4n) is 4.43. The lowest BCUT2D eigenvalue weighted by atomic mass is 10.0. The normalized spacial score (nSPS) is 11.5. The molecule has 33 heavy (non-hydrogen) atoms. The summed E-state index contributed by atoms with van der Waals surface area (Å²) >= 11 is 0. The molecule has 2 aromatic carbocycles. The third-order valence-corrected chi connectivity index (χ3v) is 6.01. The van der Waals surface area contributed by atoms with Gasteiger partial charge in [-0.25, -0.2) is 9.97 Å². The van der Waals surface area contributed by atoms with Gasteiger partial charge in [0.05, 0.1) is 31.4 Å². The van der Waals surface area contributed by atoms with Crippen molar-refractivity contribution >= 4 is 33.0 Å². The maximum Gasteiger partial charge on any atom is 0.137 e. The smallest absolute Gasteiger partial charge is 0.137 e. The van der Waals surface area contributed by atoms with Crippen molar-refractivity contribution in [3.63, 3.8) is 0 Å². The van der Waals surface area contributed by atoms with Crippen molar-refractivity contribution in [2.24, 2.45) is 0 Å². The molecule has 0 bridgehead atoms. The van der Waals surface area contributed by atoms with Gasteiger partial charge in [0, 0.05) is 40.0 Å². The molecule has 0 saturated carbocycles. The number of benzene rings is 2. The van der Waals surface area contributed by atoms with E-state index < -0.39 is 0 Å². The van der Waals surface area contributed by atoms with Gasteiger partial charge in [0.25, 0.3) is 0 Å². The van der Waals surface area contributed by atoms with E-state index in [2.05, 4.69) is 26.7 Å². The van der Waals surface area contributed by atoms with Crippen LogP contribution >= 0.6 is 0 Å². The second kappa shape index (κ2) is 7.34. The van der Waals surface area contributed by atoms with Crippen molar-refractivity contribution in [2.75, 3.05) is 14.2 Å². The lowest BCUT2D eigenvalue weighted by molar-refractivity contribution is 0.414. The van der Waals surface area contributed by atoms with Crippen molar-refractivity contribution < 1.29 is 9.47 Å². The molecule has 1 N–H and O–H groups in total. The Bertz CT molecular complexity index is 1650. The van der Waals surface area contributed by atoms with Crippen LogP contribution < -0.4 is 9.47 Å². The van der Waals surface area contributed by atoms with Gasteiger partial charge < -0.3 is 14.5 Å². The van der Waals surface area contributed by atoms with Gasteiger partial charge in [-0.15, -0.1) is 0 Å². The van der Waals surface area contributed by atoms with Crippen molar-refractivity contribution in [3.8, 4) is 28.3 Å². The first-order valence-corrected chi connectivity index (χ1v) is 10.6. The number of hydrogen-bond acceptors (Lipinski definition) is 5. The summed E-state index contributed by atoms with van der Waals surface area (Å²) in [6.07, 6.45) is 5.57. The van der Waals surface area contributed by atoms with E-state index in [1.807, 2.05) is 61.9 Å². The van der Waals surface area contributed by atoms with Crippen LogP contribution in [0.4, 0.5) is 0 Å². The van der Waals surface area contributed by atoms with Crippen LogP contribution in [0, 0.1) is 6.92 Å². The van der Waals surface area contributed by atoms with Gasteiger partial charge in [-0.2, -0.15) is 0 Å². The first kappa shape index (κ1) is 19.3. The molecule has 0 aliphatic heterocycles. The fraction of sp³-hybridized carbons (Fsp3) is 0.115. The van der Waals surface area contributed by atoms with E-state index in [-0.39, 0.29) is 0 Å². The zero-order valence-electron chi connectivity index (χ0n) is 18.5. The Morgan fingerprint density at radius 1 is 0.879 bits per heavy atom. The number of methoxy groups -OCH3 is 2. The van der Waals surface area contributed by atoms with Gasteiger partial charge in [-0.3, -0.25) is 9.55 Å². The number of aryl methyl sites for hydroxylation is 1. The molecule has 4 heterocycles. The lowest BCUT2D eigenvalue weighted by Gasteiger charge is -2.13. The second-order valence-corrected chi connectivity index (χ2v) is 7.89. The van der Waals surface area contributed by atoms with Crippen molar-refractivity contribution in [3.05, 3.63) is 72.9 Å². The average Bonchev–Trinajstić information content (AvgIpc) is 3.46. The van der Waals surface area contributed by atoms with Gasteiger partial charge in [0.15, 0.2) is 0 Å². The summed E-state index contributed by atoms with van der Waals surface area (Å²) in [6, 6.07) is 16.2. The number of ether oxygens (including phenoxy) is 2. The molecular weight excluding hydrogens is 414 g/mol. The van der Waals surface area contributed by atoms with Crippen LogP contribution in [0.3, 0.4) is 0 Å². The highest BCUT2D eigenvalue weighted by molar-refractivity contribution is 6.05. The van der Waals surface area contributed by atoms with Gasteiger partial charge in [-0.05, 0) is 55.5 Å². The van der Waals surface area contributed by atoms with Gasteiger partial charge in [-0.1, -0.05) is 0 Å². The van der Waals surface area contributed by atoms with Crippen molar-refractivity contribution in [2.45, 2.75) is 6.92 Å². The van der Waals surface area contributed by atoms with E-state index >= 15 is 0 Å². The summed E-state index contributed by atoms with van der Waals surface area (Å²) in [6.45, 7) is 2.00. The topological polar surface area (TPSA) is 77.9 Å². The largest absolute Gasteiger partial charge is 0.497 e. The minimum Gasteiger partial charge on any atom is -0.497 e. The summed E-state index contributed by atoms with van der Waals surface area (Å²) in [7, 11) is 3.35. The first-order chi connectivity index (χ1) is 16.2. The number of imidazole rings is 1. The van der Waals surface area contributed by atoms with E-state index in [0.29, 0.717) is 0 Å². The second-order valence-electron chi connectivity index (χ2n) is 7.89. The Balaban J connectivity index is 1.61. The highest BCUT2D eigenvalue weighted by Crippen LogP contribution is 2.37. The molecule has 0 fully saturated rings. The minimum atomic E-state index is 0.758. The monoisotopic (exact) mass is 435 g/mol. The minimum absolute atomic E-state index is 0.758. The quantitative estimate of drug-likeness (QED) is 0.399. The highest BCUT2D eigenvalue weighted by Gasteiger charge is 2.17. The Morgan fingerprint density at radius 2 is 1.73 bits per heavy atom. The van der Waals surface area contributed by atoms with Gasteiger partial charge in [0.2, 0.25) is 0 Å². The molecule has 0 aliphatic carbocycles. The molecule has 7 heteroatoms. The van der Waals surface area contributed by atoms with E-state index in [1.165, 1.54) is 0 Å². The van der Waals surface area contributed by atoms with Crippen LogP contribution in [0.1, 0.15) is 5.82 Å². The van der Waals surface area contributed by atoms with Gasteiger partial charge in [0.1, 0.15) is 28.5 Å². The number of nitrogens with one attached hydrogen (secondary N) is 1. The molecule has 0 unspecified atom stereocenters. The number of fused-ring (bicyclic) bond motifs is 4. The fourth-order valence-corrected chi connectivity index (χ4v) is 4.43. The van der Waals surface area contributed by atoms with Crippen LogP contribution in [0.2, 0.25) is 0 Å². The van der Waals surface area contributed by atoms with E-state index in [9.17, 15) is 0 Å². The molecule has 0 amide bonds. The molecule has 0 radical (unpaired) electrons. The Hall–Kier alpha value is -4.39. The number of pyridine rings is 2. The molecule has 7 nitrogen and oxygen atoms in total. The zero-order chi connectivity index (χ0) is 22.5. The summed E-state index contributed by atoms with van der Waals surface area (Å²) in [5.41, 5.74) is 6.47. The molecule has 0 aliphatic rings. The predicted octanol–water partition coefficient (Wildman–Crippen LogP) is 5.44. The molecule has 0 saturated heterocycles. The number of rotatable bonds is 4. The Kier molecular flexibility index (Phi) is 4.29. The maximum absolute atomic E-state index is 5.82. The van der Waals surface area contributed by atoms with Crippen molar-refractivity contribution in [1.29, 1.82) is 0 Å². The van der Waals surface area contributed by atoms with Crippen LogP contribution in [-0.2, 0) is 0 Å². The molecule has 0 atom stereocenters. The molecule has 162 valence electrons. The molecule has 6 aromatic rings. The van der Waals surface area contributed by atoms with Crippen LogP contribution in [0.25, 0.3) is 49.8 Å². The highest BCUT2D eigenvalue weighted by atomic mass is 16.5. The standard InChI is InChI=1S/C26H21N5O2/c1-15-30-23-14-28-22-11-20(17-10-16-8-9-27-26(16)29-13-17)24(33-3)12-21(22)25(23)31(15)18-4-6-19(32-2)7-5-18/h4-14H,1-3H3,(H,27,29). The molecule has 6 rings (SSSR count). The average molecular weight is 435 g/mol. The number of hydrogen-bond donors (Lipinski definition) is 1. The third-order valence-electron chi connectivity index (χ3n) is 6.01. The summed E-state index contributed by atoms with van der Waals surface area (Å²) in [5.74, 6) is 2.45. The van der Waals surface area contributed by atoms with Crippen LogP contribution in [0.15, 0.2) is 67.1 Å². The summed E-state index contributed by atoms with van der Waals surface area (Å²) < 4.78 is 13.3. The Labute approximate surface area is 189 Å². The number of aromatic nitrogens is 5. The molecule has 0 spiro atoms. The van der Waals surface area contributed by atoms with Crippen molar-refractivity contribution in [1.82, 2.24) is 24.5 Å². The number of aromatic amines is 1. The SMILES string of the molecule is COc1ccc(-n2c(C)nc3cnc4cc(-c5cnc6[nH]ccc6c5)c(OC)cc4c32)cc1. The van der Waals surface area contributed by atoms with Gasteiger partial charge >= 0.3 is 0 Å².